The van der Waals surface area contributed by atoms with Crippen LogP contribution in [0, 0.1) is 11.8 Å². The Labute approximate surface area is 103 Å². The zero-order valence-electron chi connectivity index (χ0n) is 9.10. The van der Waals surface area contributed by atoms with Crippen LogP contribution in [0.4, 0.5) is 0 Å². The van der Waals surface area contributed by atoms with E-state index in [9.17, 15) is 9.59 Å². The molecule has 1 rings (SSSR count). The van der Waals surface area contributed by atoms with Gasteiger partial charge in [0, 0.05) is 27.8 Å². The number of carboxylic acids is 1. The van der Waals surface area contributed by atoms with Crippen molar-refractivity contribution in [2.75, 3.05) is 6.61 Å². The lowest BCUT2D eigenvalue weighted by Crippen LogP contribution is -1.99. The van der Waals surface area contributed by atoms with Crippen molar-refractivity contribution in [2.24, 2.45) is 0 Å². The van der Waals surface area contributed by atoms with Gasteiger partial charge in [0.2, 0.25) is 0 Å². The van der Waals surface area contributed by atoms with E-state index in [4.69, 9.17) is 5.11 Å². The average molecular weight is 250 g/mol. The van der Waals surface area contributed by atoms with Gasteiger partial charge in [-0.2, -0.15) is 0 Å². The molecule has 1 aromatic heterocycles. The Morgan fingerprint density at radius 1 is 1.59 bits per heavy atom. The number of hydrogen-bond donors (Lipinski definition) is 1. The van der Waals surface area contributed by atoms with Gasteiger partial charge in [-0.3, -0.25) is 0 Å². The third kappa shape index (κ3) is 5.00. The SMILES string of the molecule is CCOC(=O)C#Cc1csc(/C=C/C(=O)O)c1. The molecule has 0 aliphatic rings. The van der Waals surface area contributed by atoms with Crippen LogP contribution in [-0.4, -0.2) is 23.7 Å². The van der Waals surface area contributed by atoms with Crippen LogP contribution in [-0.2, 0) is 14.3 Å². The summed E-state index contributed by atoms with van der Waals surface area (Å²) in [5.74, 6) is 3.40. The number of carboxylic acid groups (broad SMARTS) is 1. The third-order valence-electron chi connectivity index (χ3n) is 1.59. The van der Waals surface area contributed by atoms with Crippen LogP contribution < -0.4 is 0 Å². The summed E-state index contributed by atoms with van der Waals surface area (Å²) in [6.07, 6.45) is 2.52. The molecule has 0 atom stereocenters. The number of carbonyl (C=O) groups excluding carboxylic acids is 1. The van der Waals surface area contributed by atoms with Crippen LogP contribution >= 0.6 is 11.3 Å². The molecule has 4 nitrogen and oxygen atoms in total. The maximum Gasteiger partial charge on any atom is 0.384 e. The highest BCUT2D eigenvalue weighted by atomic mass is 32.1. The Balaban J connectivity index is 2.68. The molecular formula is C12H10O4S. The van der Waals surface area contributed by atoms with Crippen molar-refractivity contribution in [3.8, 4) is 11.8 Å². The van der Waals surface area contributed by atoms with Crippen LogP contribution in [0.2, 0.25) is 0 Å². The summed E-state index contributed by atoms with van der Waals surface area (Å²) in [5.41, 5.74) is 0.660. The van der Waals surface area contributed by atoms with Gasteiger partial charge in [-0.25, -0.2) is 9.59 Å². The van der Waals surface area contributed by atoms with E-state index in [-0.39, 0.29) is 0 Å². The molecule has 0 aromatic carbocycles. The van der Waals surface area contributed by atoms with Crippen LogP contribution in [0.25, 0.3) is 6.08 Å². The van der Waals surface area contributed by atoms with E-state index in [1.54, 1.807) is 18.4 Å². The molecule has 0 aliphatic carbocycles. The molecule has 5 heteroatoms. The summed E-state index contributed by atoms with van der Waals surface area (Å²) in [6, 6.07) is 1.70. The van der Waals surface area contributed by atoms with Gasteiger partial charge in [0.1, 0.15) is 0 Å². The monoisotopic (exact) mass is 250 g/mol. The van der Waals surface area contributed by atoms with E-state index >= 15 is 0 Å². The number of thiophene rings is 1. The molecule has 0 bridgehead atoms. The minimum atomic E-state index is -1.00. The molecule has 1 aromatic rings. The Morgan fingerprint density at radius 3 is 3.00 bits per heavy atom. The van der Waals surface area contributed by atoms with Gasteiger partial charge in [-0.15, -0.1) is 11.3 Å². The largest absolute Gasteiger partial charge is 0.478 e. The predicted octanol–water partition coefficient (Wildman–Crippen LogP) is 1.76. The number of rotatable bonds is 3. The summed E-state index contributed by atoms with van der Waals surface area (Å²) >= 11 is 1.35. The molecule has 88 valence electrons. The van der Waals surface area contributed by atoms with Crippen LogP contribution in [0.5, 0.6) is 0 Å². The van der Waals surface area contributed by atoms with Crippen molar-refractivity contribution < 1.29 is 19.4 Å². The predicted molar refractivity (Wildman–Crippen MR) is 64.5 cm³/mol. The second kappa shape index (κ2) is 6.51. The first-order valence-electron chi connectivity index (χ1n) is 4.80. The van der Waals surface area contributed by atoms with E-state index in [1.807, 2.05) is 0 Å². The van der Waals surface area contributed by atoms with E-state index in [2.05, 4.69) is 16.6 Å². The first-order chi connectivity index (χ1) is 8.11. The summed E-state index contributed by atoms with van der Waals surface area (Å²) in [6.45, 7) is 2.00. The van der Waals surface area contributed by atoms with Crippen molar-refractivity contribution in [3.05, 3.63) is 28.0 Å². The van der Waals surface area contributed by atoms with Crippen LogP contribution in [0.1, 0.15) is 17.4 Å². The van der Waals surface area contributed by atoms with Crippen molar-refractivity contribution in [1.29, 1.82) is 0 Å². The van der Waals surface area contributed by atoms with Crippen LogP contribution in [0.3, 0.4) is 0 Å². The number of ether oxygens (including phenoxy) is 1. The summed E-state index contributed by atoms with van der Waals surface area (Å²) < 4.78 is 4.65. The number of carbonyl (C=O) groups is 2. The average Bonchev–Trinajstić information content (AvgIpc) is 2.72. The lowest BCUT2D eigenvalue weighted by atomic mass is 10.3. The Morgan fingerprint density at radius 2 is 2.35 bits per heavy atom. The standard InChI is InChI=1S/C12H10O4S/c1-2-16-12(15)6-3-9-7-10(17-8-9)4-5-11(13)14/h4-5,7-8H,2H2,1H3,(H,13,14)/b5-4+. The van der Waals surface area contributed by atoms with E-state index in [0.717, 1.165) is 11.0 Å². The Bertz CT molecular complexity index is 502. The highest BCUT2D eigenvalue weighted by molar-refractivity contribution is 7.11. The van der Waals surface area contributed by atoms with Crippen molar-refractivity contribution >= 4 is 29.4 Å². The fourth-order valence-electron chi connectivity index (χ4n) is 0.950. The molecule has 0 saturated heterocycles. The normalized spacial score (nSPS) is 9.71. The molecule has 1 N–H and O–H groups in total. The first-order valence-corrected chi connectivity index (χ1v) is 5.68. The zero-order chi connectivity index (χ0) is 12.7. The minimum Gasteiger partial charge on any atom is -0.478 e. The second-order valence-electron chi connectivity index (χ2n) is 2.88. The minimum absolute atomic E-state index is 0.295. The smallest absolute Gasteiger partial charge is 0.384 e. The molecule has 0 fully saturated rings. The summed E-state index contributed by atoms with van der Waals surface area (Å²) in [5, 5.41) is 10.2. The second-order valence-corrected chi connectivity index (χ2v) is 3.82. The van der Waals surface area contributed by atoms with Gasteiger partial charge in [-0.1, -0.05) is 5.92 Å². The zero-order valence-corrected chi connectivity index (χ0v) is 9.91. The fourth-order valence-corrected chi connectivity index (χ4v) is 1.68. The maximum atomic E-state index is 11.0. The van der Waals surface area contributed by atoms with Gasteiger partial charge in [0.25, 0.3) is 0 Å². The molecule has 0 unspecified atom stereocenters. The fraction of sp³-hybridized carbons (Fsp3) is 0.167. The molecule has 1 heterocycles. The van der Waals surface area contributed by atoms with Crippen molar-refractivity contribution in [1.82, 2.24) is 0 Å². The van der Waals surface area contributed by atoms with E-state index in [0.29, 0.717) is 12.2 Å². The van der Waals surface area contributed by atoms with Crippen LogP contribution in [0.15, 0.2) is 17.5 Å². The quantitative estimate of drug-likeness (QED) is 0.504. The number of aliphatic carboxylic acids is 1. The number of hydrogen-bond acceptors (Lipinski definition) is 4. The van der Waals surface area contributed by atoms with Gasteiger partial charge >= 0.3 is 11.9 Å². The topological polar surface area (TPSA) is 63.6 Å². The third-order valence-corrected chi connectivity index (χ3v) is 2.49. The van der Waals surface area contributed by atoms with Gasteiger partial charge < -0.3 is 9.84 Å². The molecule has 17 heavy (non-hydrogen) atoms. The van der Waals surface area contributed by atoms with E-state index in [1.165, 1.54) is 17.4 Å². The summed E-state index contributed by atoms with van der Waals surface area (Å²) in [4.78, 5) is 22.0. The lowest BCUT2D eigenvalue weighted by molar-refractivity contribution is -0.136. The summed E-state index contributed by atoms with van der Waals surface area (Å²) in [7, 11) is 0. The highest BCUT2D eigenvalue weighted by Crippen LogP contribution is 2.15. The molecule has 0 spiro atoms. The number of esters is 1. The maximum absolute atomic E-state index is 11.0. The molecule has 0 radical (unpaired) electrons. The van der Waals surface area contributed by atoms with Gasteiger partial charge in [0.05, 0.1) is 6.61 Å². The van der Waals surface area contributed by atoms with Crippen molar-refractivity contribution in [2.45, 2.75) is 6.92 Å². The highest BCUT2D eigenvalue weighted by Gasteiger charge is 1.96. The molecule has 0 aliphatic heterocycles. The lowest BCUT2D eigenvalue weighted by Gasteiger charge is -1.89. The molecule has 0 amide bonds. The molecular weight excluding hydrogens is 240 g/mol. The Kier molecular flexibility index (Phi) is 4.98. The van der Waals surface area contributed by atoms with Gasteiger partial charge in [-0.05, 0) is 19.1 Å². The molecule has 0 saturated carbocycles. The first kappa shape index (κ1) is 13.0. The van der Waals surface area contributed by atoms with Gasteiger partial charge in [0.15, 0.2) is 0 Å². The Hall–Kier alpha value is -2.06. The van der Waals surface area contributed by atoms with E-state index < -0.39 is 11.9 Å². The van der Waals surface area contributed by atoms with Crippen molar-refractivity contribution in [3.63, 3.8) is 0 Å².